The third kappa shape index (κ3) is 12.4. The second-order valence-corrected chi connectivity index (χ2v) is 19.8. The molecule has 0 bridgehead atoms. The fourth-order valence-electron chi connectivity index (χ4n) is 4.14. The van der Waals surface area contributed by atoms with E-state index in [-0.39, 0.29) is 0 Å². The smallest absolute Gasteiger partial charge is 0.374 e. The van der Waals surface area contributed by atoms with E-state index >= 15 is 0 Å². The highest BCUT2D eigenvalue weighted by Gasteiger charge is 2.42. The van der Waals surface area contributed by atoms with Crippen LogP contribution in [-0.4, -0.2) is 65.3 Å². The van der Waals surface area contributed by atoms with Gasteiger partial charge >= 0.3 is 17.6 Å². The van der Waals surface area contributed by atoms with E-state index in [2.05, 4.69) is 19.6 Å². The van der Waals surface area contributed by atoms with Gasteiger partial charge in [-0.2, -0.15) is 0 Å². The van der Waals surface area contributed by atoms with Crippen molar-refractivity contribution >= 4 is 25.7 Å². The van der Waals surface area contributed by atoms with Gasteiger partial charge in [0.1, 0.15) is 0 Å². The van der Waals surface area contributed by atoms with Gasteiger partial charge in [-0.05, 0) is 59.9 Å². The Bertz CT molecular complexity index is 368. The molecule has 0 unspecified atom stereocenters. The van der Waals surface area contributed by atoms with E-state index in [9.17, 15) is 0 Å². The molecule has 0 aliphatic rings. The molecule has 0 aliphatic carbocycles. The van der Waals surface area contributed by atoms with Crippen LogP contribution in [0.25, 0.3) is 0 Å². The highest BCUT2D eigenvalue weighted by Crippen LogP contribution is 2.35. The predicted molar refractivity (Wildman–Crippen MR) is 136 cm³/mol. The van der Waals surface area contributed by atoms with Crippen LogP contribution in [0.3, 0.4) is 0 Å². The zero-order chi connectivity index (χ0) is 23.8. The number of rotatable bonds is 21. The maximum absolute atomic E-state index is 6.05. The van der Waals surface area contributed by atoms with Crippen molar-refractivity contribution in [3.05, 3.63) is 0 Å². The monoisotopic (exact) mass is 496 g/mol. The Balaban J connectivity index is 5.01. The molecule has 0 aromatic rings. The summed E-state index contributed by atoms with van der Waals surface area (Å²) in [5, 5.41) is 0. The minimum absolute atomic E-state index is 0.642. The minimum Gasteiger partial charge on any atom is -0.374 e. The molecule has 0 aromatic carbocycles. The minimum atomic E-state index is -2.55. The molecular formula is C22H52O6Si3. The first-order chi connectivity index (χ1) is 14.7. The van der Waals surface area contributed by atoms with E-state index in [1.165, 1.54) is 12.8 Å². The molecule has 0 N–H and O–H groups in total. The summed E-state index contributed by atoms with van der Waals surface area (Å²) in [4.78, 5) is 0. The SMILES string of the molecule is CCO[Si](CCCC(CCC[Si](OCC)(OCC)OCC)[Si](C)(C)C)(OCC)OCC. The second kappa shape index (κ2) is 16.9. The first-order valence-electron chi connectivity index (χ1n) is 12.5. The Morgan fingerprint density at radius 1 is 0.484 bits per heavy atom. The standard InChI is InChI=1S/C22H52O6Si3/c1-10-23-30(24-11-2,25-12-3)20-16-18-22(29(7,8)9)19-17-21-31(26-13-4,27-14-5)28-15-6/h22H,10-21H2,1-9H3. The zero-order valence-corrected chi connectivity index (χ0v) is 25.0. The van der Waals surface area contributed by atoms with Crippen LogP contribution in [0, 0.1) is 0 Å². The van der Waals surface area contributed by atoms with Gasteiger partial charge in [0, 0.05) is 59.8 Å². The van der Waals surface area contributed by atoms with Crippen molar-refractivity contribution in [2.24, 2.45) is 0 Å². The van der Waals surface area contributed by atoms with Crippen LogP contribution in [0.2, 0.25) is 37.3 Å². The van der Waals surface area contributed by atoms with Crippen molar-refractivity contribution in [2.45, 2.75) is 104 Å². The van der Waals surface area contributed by atoms with Crippen molar-refractivity contribution < 1.29 is 26.6 Å². The van der Waals surface area contributed by atoms with Crippen LogP contribution < -0.4 is 0 Å². The average Bonchev–Trinajstić information content (AvgIpc) is 2.67. The molecule has 0 atom stereocenters. The summed E-state index contributed by atoms with van der Waals surface area (Å²) >= 11 is 0. The lowest BCUT2D eigenvalue weighted by Crippen LogP contribution is -2.46. The lowest BCUT2D eigenvalue weighted by atomic mass is 10.1. The van der Waals surface area contributed by atoms with Crippen LogP contribution >= 0.6 is 0 Å². The van der Waals surface area contributed by atoms with E-state index in [0.717, 1.165) is 30.5 Å². The van der Waals surface area contributed by atoms with Gasteiger partial charge in [-0.1, -0.05) is 32.5 Å². The summed E-state index contributed by atoms with van der Waals surface area (Å²) in [6, 6.07) is 1.80. The maximum Gasteiger partial charge on any atom is 0.500 e. The molecule has 0 rings (SSSR count). The Labute approximate surface area is 196 Å². The van der Waals surface area contributed by atoms with E-state index in [4.69, 9.17) is 26.6 Å². The fourth-order valence-corrected chi connectivity index (χ4v) is 11.6. The van der Waals surface area contributed by atoms with Gasteiger partial charge in [-0.15, -0.1) is 0 Å². The van der Waals surface area contributed by atoms with E-state index in [1.807, 2.05) is 41.5 Å². The van der Waals surface area contributed by atoms with Gasteiger partial charge in [0.25, 0.3) is 0 Å². The van der Waals surface area contributed by atoms with Crippen LogP contribution in [0.15, 0.2) is 0 Å². The van der Waals surface area contributed by atoms with E-state index in [0.29, 0.717) is 39.6 Å². The summed E-state index contributed by atoms with van der Waals surface area (Å²) < 4.78 is 36.3. The van der Waals surface area contributed by atoms with Gasteiger partial charge in [0.05, 0.1) is 0 Å². The van der Waals surface area contributed by atoms with Crippen molar-refractivity contribution in [3.63, 3.8) is 0 Å². The summed E-state index contributed by atoms with van der Waals surface area (Å²) in [5.41, 5.74) is 0.737. The lowest BCUT2D eigenvalue weighted by Gasteiger charge is -2.33. The summed E-state index contributed by atoms with van der Waals surface area (Å²) in [6.07, 6.45) is 4.58. The first-order valence-corrected chi connectivity index (χ1v) is 20.0. The topological polar surface area (TPSA) is 55.4 Å². The molecule has 0 aromatic heterocycles. The summed E-state index contributed by atoms with van der Waals surface area (Å²) in [7, 11) is -6.41. The molecule has 188 valence electrons. The fraction of sp³-hybridized carbons (Fsp3) is 1.00. The molecule has 0 aliphatic heterocycles. The van der Waals surface area contributed by atoms with Crippen LogP contribution in [0.1, 0.15) is 67.2 Å². The van der Waals surface area contributed by atoms with Gasteiger partial charge in [0.2, 0.25) is 0 Å². The predicted octanol–water partition coefficient (Wildman–Crippen LogP) is 6.35. The quantitative estimate of drug-likeness (QED) is 0.173. The summed E-state index contributed by atoms with van der Waals surface area (Å²) in [5.74, 6) is 0. The largest absolute Gasteiger partial charge is 0.500 e. The molecular weight excluding hydrogens is 444 g/mol. The molecule has 0 spiro atoms. The summed E-state index contributed by atoms with van der Waals surface area (Å²) in [6.45, 7) is 23.4. The van der Waals surface area contributed by atoms with E-state index in [1.54, 1.807) is 0 Å². The Morgan fingerprint density at radius 3 is 0.935 bits per heavy atom. The Kier molecular flexibility index (Phi) is 17.2. The van der Waals surface area contributed by atoms with Crippen molar-refractivity contribution in [1.29, 1.82) is 0 Å². The molecule has 0 fully saturated rings. The van der Waals surface area contributed by atoms with Gasteiger partial charge < -0.3 is 26.6 Å². The number of hydrogen-bond acceptors (Lipinski definition) is 6. The van der Waals surface area contributed by atoms with Crippen molar-refractivity contribution in [1.82, 2.24) is 0 Å². The molecule has 31 heavy (non-hydrogen) atoms. The highest BCUT2D eigenvalue weighted by atomic mass is 28.4. The van der Waals surface area contributed by atoms with Gasteiger partial charge in [-0.3, -0.25) is 0 Å². The van der Waals surface area contributed by atoms with Crippen LogP contribution in [0.5, 0.6) is 0 Å². The van der Waals surface area contributed by atoms with Gasteiger partial charge in [-0.25, -0.2) is 0 Å². The molecule has 0 saturated carbocycles. The van der Waals surface area contributed by atoms with E-state index < -0.39 is 25.7 Å². The van der Waals surface area contributed by atoms with Crippen LogP contribution in [0.4, 0.5) is 0 Å². The molecule has 0 amide bonds. The molecule has 0 saturated heterocycles. The first kappa shape index (κ1) is 31.4. The van der Waals surface area contributed by atoms with Crippen molar-refractivity contribution in [2.75, 3.05) is 39.6 Å². The van der Waals surface area contributed by atoms with Crippen molar-refractivity contribution in [3.8, 4) is 0 Å². The van der Waals surface area contributed by atoms with Gasteiger partial charge in [0.15, 0.2) is 0 Å². The van der Waals surface area contributed by atoms with Crippen LogP contribution in [-0.2, 0) is 26.6 Å². The maximum atomic E-state index is 6.05. The second-order valence-electron chi connectivity index (χ2n) is 8.81. The highest BCUT2D eigenvalue weighted by molar-refractivity contribution is 6.77. The third-order valence-electron chi connectivity index (χ3n) is 5.48. The Hall–Kier alpha value is 0.411. The third-order valence-corrected chi connectivity index (χ3v) is 14.8. The average molecular weight is 497 g/mol. The molecule has 9 heteroatoms. The molecule has 0 radical (unpaired) electrons. The lowest BCUT2D eigenvalue weighted by molar-refractivity contribution is 0.0703. The zero-order valence-electron chi connectivity index (χ0n) is 22.0. The molecule has 0 heterocycles. The molecule has 6 nitrogen and oxygen atoms in total. The Morgan fingerprint density at radius 2 is 0.742 bits per heavy atom. The normalized spacial score (nSPS) is 13.4. The number of hydrogen-bond donors (Lipinski definition) is 0.